The molecule has 4 rings (SSSR count). The Kier molecular flexibility index (Phi) is 5.67. The fraction of sp³-hybridized carbons (Fsp3) is 0.375. The molecule has 2 heterocycles. The summed E-state index contributed by atoms with van der Waals surface area (Å²) in [4.78, 5) is 35.0. The van der Waals surface area contributed by atoms with Crippen molar-refractivity contribution in [2.45, 2.75) is 51.8 Å². The van der Waals surface area contributed by atoms with E-state index in [-0.39, 0.29) is 11.9 Å². The van der Waals surface area contributed by atoms with E-state index in [4.69, 9.17) is 9.72 Å². The Hall–Kier alpha value is -3.35. The summed E-state index contributed by atoms with van der Waals surface area (Å²) in [6.07, 6.45) is 1.38. The van der Waals surface area contributed by atoms with E-state index < -0.39 is 11.7 Å². The van der Waals surface area contributed by atoms with Gasteiger partial charge in [0.25, 0.3) is 5.91 Å². The number of alkyl carbamates (subject to hydrolysis) is 1. The number of hydrogen-bond donors (Lipinski definition) is 2. The van der Waals surface area contributed by atoms with Crippen LogP contribution in [0.3, 0.4) is 0 Å². The third-order valence-corrected chi connectivity index (χ3v) is 5.27. The van der Waals surface area contributed by atoms with Crippen LogP contribution in [0.15, 0.2) is 48.5 Å². The summed E-state index contributed by atoms with van der Waals surface area (Å²) in [7, 11) is 0. The second-order valence-electron chi connectivity index (χ2n) is 8.85. The molecule has 1 unspecified atom stereocenters. The molecule has 1 aromatic heterocycles. The Labute approximate surface area is 181 Å². The minimum Gasteiger partial charge on any atom is -0.444 e. The predicted molar refractivity (Wildman–Crippen MR) is 119 cm³/mol. The molecular weight excluding hydrogens is 392 g/mol. The summed E-state index contributed by atoms with van der Waals surface area (Å²) in [5.74, 6) is 0.833. The molecule has 2 N–H and O–H groups in total. The number of rotatable bonds is 4. The SMILES string of the molecule is CC(C)(C)OC(=O)NCc1ccc(C(=O)N2CCCC2c2nc3ccccc3[nH]2)cc1. The number of nitrogens with one attached hydrogen (secondary N) is 2. The molecule has 0 bridgehead atoms. The van der Waals surface area contributed by atoms with Gasteiger partial charge >= 0.3 is 6.09 Å². The first kappa shape index (κ1) is 20.9. The normalized spacial score (nSPS) is 16.5. The Balaban J connectivity index is 1.42. The van der Waals surface area contributed by atoms with E-state index in [0.717, 1.165) is 35.3 Å². The topological polar surface area (TPSA) is 87.3 Å². The van der Waals surface area contributed by atoms with E-state index in [2.05, 4.69) is 10.3 Å². The van der Waals surface area contributed by atoms with Gasteiger partial charge in [-0.1, -0.05) is 24.3 Å². The Morgan fingerprint density at radius 1 is 1.16 bits per heavy atom. The van der Waals surface area contributed by atoms with Crippen molar-refractivity contribution in [2.24, 2.45) is 0 Å². The van der Waals surface area contributed by atoms with Crippen LogP contribution >= 0.6 is 0 Å². The lowest BCUT2D eigenvalue weighted by Crippen LogP contribution is -2.32. The standard InChI is InChI=1S/C24H28N4O3/c1-24(2,3)31-23(30)25-15-16-10-12-17(13-11-16)22(29)28-14-6-9-20(28)21-26-18-7-4-5-8-19(18)27-21/h4-5,7-8,10-13,20H,6,9,14-15H2,1-3H3,(H,25,30)(H,26,27). The first-order chi connectivity index (χ1) is 14.8. The van der Waals surface area contributed by atoms with Gasteiger partial charge < -0.3 is 19.9 Å². The number of imidazole rings is 1. The fourth-order valence-corrected chi connectivity index (χ4v) is 3.84. The average Bonchev–Trinajstić information content (AvgIpc) is 3.37. The molecule has 1 atom stereocenters. The van der Waals surface area contributed by atoms with Gasteiger partial charge in [0.1, 0.15) is 11.4 Å². The van der Waals surface area contributed by atoms with Crippen molar-refractivity contribution in [1.82, 2.24) is 20.2 Å². The number of amides is 2. The van der Waals surface area contributed by atoms with Crippen molar-refractivity contribution in [3.8, 4) is 0 Å². The number of carbonyl (C=O) groups is 2. The number of ether oxygens (including phenoxy) is 1. The summed E-state index contributed by atoms with van der Waals surface area (Å²) in [6, 6.07) is 15.2. The van der Waals surface area contributed by atoms with Crippen LogP contribution in [0.2, 0.25) is 0 Å². The molecular formula is C24H28N4O3. The molecule has 2 aromatic carbocycles. The first-order valence-corrected chi connectivity index (χ1v) is 10.6. The number of carbonyl (C=O) groups excluding carboxylic acids is 2. The summed E-state index contributed by atoms with van der Waals surface area (Å²) >= 11 is 0. The number of aromatic amines is 1. The lowest BCUT2D eigenvalue weighted by molar-refractivity contribution is 0.0523. The molecule has 7 nitrogen and oxygen atoms in total. The van der Waals surface area contributed by atoms with Crippen molar-refractivity contribution >= 4 is 23.0 Å². The molecule has 1 saturated heterocycles. The molecule has 1 aliphatic rings. The third-order valence-electron chi connectivity index (χ3n) is 5.27. The van der Waals surface area contributed by atoms with E-state index >= 15 is 0 Å². The van der Waals surface area contributed by atoms with Crippen LogP contribution in [-0.4, -0.2) is 39.0 Å². The number of likely N-dealkylation sites (tertiary alicyclic amines) is 1. The summed E-state index contributed by atoms with van der Waals surface area (Å²) in [6.45, 7) is 6.52. The lowest BCUT2D eigenvalue weighted by Gasteiger charge is -2.23. The second-order valence-corrected chi connectivity index (χ2v) is 8.85. The largest absolute Gasteiger partial charge is 0.444 e. The monoisotopic (exact) mass is 420 g/mol. The highest BCUT2D eigenvalue weighted by atomic mass is 16.6. The van der Waals surface area contributed by atoms with Crippen LogP contribution in [0.5, 0.6) is 0 Å². The van der Waals surface area contributed by atoms with Gasteiger partial charge in [-0.05, 0) is 63.4 Å². The molecule has 1 fully saturated rings. The van der Waals surface area contributed by atoms with Gasteiger partial charge in [-0.2, -0.15) is 0 Å². The average molecular weight is 421 g/mol. The predicted octanol–water partition coefficient (Wildman–Crippen LogP) is 4.56. The zero-order valence-corrected chi connectivity index (χ0v) is 18.1. The Morgan fingerprint density at radius 2 is 1.90 bits per heavy atom. The molecule has 0 saturated carbocycles. The van der Waals surface area contributed by atoms with E-state index in [1.807, 2.05) is 74.2 Å². The van der Waals surface area contributed by atoms with Gasteiger partial charge in [0.15, 0.2) is 0 Å². The summed E-state index contributed by atoms with van der Waals surface area (Å²) in [5, 5.41) is 2.73. The van der Waals surface area contributed by atoms with Gasteiger partial charge in [0, 0.05) is 18.7 Å². The summed E-state index contributed by atoms with van der Waals surface area (Å²) in [5.41, 5.74) is 2.89. The third kappa shape index (κ3) is 4.87. The first-order valence-electron chi connectivity index (χ1n) is 10.6. The van der Waals surface area contributed by atoms with E-state index in [0.29, 0.717) is 18.7 Å². The highest BCUT2D eigenvalue weighted by Crippen LogP contribution is 2.32. The zero-order chi connectivity index (χ0) is 22.0. The van der Waals surface area contributed by atoms with Crippen molar-refractivity contribution in [3.63, 3.8) is 0 Å². The van der Waals surface area contributed by atoms with Crippen molar-refractivity contribution in [1.29, 1.82) is 0 Å². The molecule has 2 amide bonds. The molecule has 0 spiro atoms. The maximum atomic E-state index is 13.2. The highest BCUT2D eigenvalue weighted by molar-refractivity contribution is 5.94. The fourth-order valence-electron chi connectivity index (χ4n) is 3.84. The Morgan fingerprint density at radius 3 is 2.61 bits per heavy atom. The zero-order valence-electron chi connectivity index (χ0n) is 18.1. The number of fused-ring (bicyclic) bond motifs is 1. The van der Waals surface area contributed by atoms with Crippen LogP contribution in [0.25, 0.3) is 11.0 Å². The molecule has 3 aromatic rings. The number of para-hydroxylation sites is 2. The van der Waals surface area contributed by atoms with E-state index in [9.17, 15) is 9.59 Å². The quantitative estimate of drug-likeness (QED) is 0.647. The second kappa shape index (κ2) is 8.41. The molecule has 0 aliphatic carbocycles. The summed E-state index contributed by atoms with van der Waals surface area (Å²) < 4.78 is 5.24. The lowest BCUT2D eigenvalue weighted by atomic mass is 10.1. The van der Waals surface area contributed by atoms with Crippen LogP contribution in [0.4, 0.5) is 4.79 Å². The molecule has 162 valence electrons. The molecule has 1 aliphatic heterocycles. The number of aromatic nitrogens is 2. The maximum absolute atomic E-state index is 13.2. The van der Waals surface area contributed by atoms with Crippen LogP contribution < -0.4 is 5.32 Å². The maximum Gasteiger partial charge on any atom is 0.407 e. The van der Waals surface area contributed by atoms with Gasteiger partial charge in [0.05, 0.1) is 17.1 Å². The number of hydrogen-bond acceptors (Lipinski definition) is 4. The van der Waals surface area contributed by atoms with E-state index in [1.165, 1.54) is 0 Å². The number of benzene rings is 2. The van der Waals surface area contributed by atoms with Gasteiger partial charge in [0.2, 0.25) is 0 Å². The van der Waals surface area contributed by atoms with Gasteiger partial charge in [-0.25, -0.2) is 9.78 Å². The number of nitrogens with zero attached hydrogens (tertiary/aromatic N) is 2. The minimum absolute atomic E-state index is 0.00499. The van der Waals surface area contributed by atoms with Gasteiger partial charge in [-0.3, -0.25) is 4.79 Å². The van der Waals surface area contributed by atoms with Crippen molar-refractivity contribution < 1.29 is 14.3 Å². The molecule has 7 heteroatoms. The number of H-pyrrole nitrogens is 1. The van der Waals surface area contributed by atoms with E-state index in [1.54, 1.807) is 0 Å². The smallest absolute Gasteiger partial charge is 0.407 e. The van der Waals surface area contributed by atoms with Crippen molar-refractivity contribution in [2.75, 3.05) is 6.54 Å². The molecule has 0 radical (unpaired) electrons. The van der Waals surface area contributed by atoms with Crippen LogP contribution in [0, 0.1) is 0 Å². The van der Waals surface area contributed by atoms with Crippen LogP contribution in [0.1, 0.15) is 61.4 Å². The Bertz CT molecular complexity index is 1050. The highest BCUT2D eigenvalue weighted by Gasteiger charge is 2.32. The molecule has 31 heavy (non-hydrogen) atoms. The minimum atomic E-state index is -0.535. The van der Waals surface area contributed by atoms with Crippen LogP contribution in [-0.2, 0) is 11.3 Å². The van der Waals surface area contributed by atoms with Crippen molar-refractivity contribution in [3.05, 3.63) is 65.5 Å². The van der Waals surface area contributed by atoms with Gasteiger partial charge in [-0.15, -0.1) is 0 Å².